The molecule has 0 radical (unpaired) electrons. The maximum absolute atomic E-state index is 12.1. The minimum absolute atomic E-state index is 0.392. The van der Waals surface area contributed by atoms with Crippen molar-refractivity contribution in [1.82, 2.24) is 5.32 Å². The van der Waals surface area contributed by atoms with Gasteiger partial charge in [-0.2, -0.15) is 0 Å². The molecule has 1 amide bonds. The van der Waals surface area contributed by atoms with Crippen LogP contribution >= 0.6 is 0 Å². The zero-order chi connectivity index (χ0) is 16.1. The number of rotatable bonds is 4. The molecule has 2 aromatic rings. The molecule has 0 spiro atoms. The van der Waals surface area contributed by atoms with E-state index in [-0.39, 0.29) is 0 Å². The molecule has 120 valence electrons. The van der Waals surface area contributed by atoms with Crippen molar-refractivity contribution in [3.63, 3.8) is 0 Å². The van der Waals surface area contributed by atoms with E-state index < -0.39 is 6.09 Å². The third-order valence-corrected chi connectivity index (χ3v) is 4.11. The normalized spacial score (nSPS) is 17.0. The molecule has 4 heteroatoms. The van der Waals surface area contributed by atoms with Gasteiger partial charge in [-0.1, -0.05) is 48.0 Å². The smallest absolute Gasteiger partial charge is 0.411 e. The molecule has 0 saturated carbocycles. The number of para-hydroxylation sites is 1. The van der Waals surface area contributed by atoms with Crippen molar-refractivity contribution in [3.05, 3.63) is 54.1 Å². The maximum Gasteiger partial charge on any atom is 0.411 e. The van der Waals surface area contributed by atoms with Gasteiger partial charge in [-0.3, -0.25) is 5.32 Å². The molecule has 1 fully saturated rings. The number of amides is 1. The molecule has 1 aliphatic heterocycles. The van der Waals surface area contributed by atoms with E-state index in [4.69, 9.17) is 4.74 Å². The van der Waals surface area contributed by atoms with Crippen LogP contribution in [0.1, 0.15) is 12.0 Å². The zero-order valence-corrected chi connectivity index (χ0v) is 13.3. The highest BCUT2D eigenvalue weighted by Crippen LogP contribution is 2.28. The van der Waals surface area contributed by atoms with Crippen LogP contribution < -0.4 is 10.6 Å². The number of ether oxygens (including phenoxy) is 1. The molecular formula is C19H22N2O2. The average Bonchev–Trinajstić information content (AvgIpc) is 3.07. The topological polar surface area (TPSA) is 50.4 Å². The third kappa shape index (κ3) is 4.11. The number of hydrogen-bond donors (Lipinski definition) is 2. The average molecular weight is 310 g/mol. The Kier molecular flexibility index (Phi) is 4.93. The predicted octanol–water partition coefficient (Wildman–Crippen LogP) is 3.82. The number of hydrogen-bond acceptors (Lipinski definition) is 3. The molecule has 1 heterocycles. The predicted molar refractivity (Wildman–Crippen MR) is 92.6 cm³/mol. The molecule has 23 heavy (non-hydrogen) atoms. The lowest BCUT2D eigenvalue weighted by Gasteiger charge is -2.13. The third-order valence-electron chi connectivity index (χ3n) is 4.11. The van der Waals surface area contributed by atoms with Crippen molar-refractivity contribution in [2.24, 2.45) is 5.92 Å². The van der Waals surface area contributed by atoms with Crippen LogP contribution in [0.25, 0.3) is 11.1 Å². The molecule has 0 aromatic heterocycles. The first-order valence-electron chi connectivity index (χ1n) is 8.03. The first-order chi connectivity index (χ1) is 11.2. The van der Waals surface area contributed by atoms with Crippen LogP contribution in [0.3, 0.4) is 0 Å². The summed E-state index contributed by atoms with van der Waals surface area (Å²) in [6.07, 6.45) is 0.671. The van der Waals surface area contributed by atoms with Gasteiger partial charge in [0.2, 0.25) is 0 Å². The first-order valence-corrected chi connectivity index (χ1v) is 8.03. The van der Waals surface area contributed by atoms with Gasteiger partial charge in [0.05, 0.1) is 12.3 Å². The fourth-order valence-corrected chi connectivity index (χ4v) is 2.85. The van der Waals surface area contributed by atoms with Gasteiger partial charge in [-0.15, -0.1) is 0 Å². The van der Waals surface area contributed by atoms with E-state index in [2.05, 4.69) is 29.7 Å². The van der Waals surface area contributed by atoms with Gasteiger partial charge in [-0.25, -0.2) is 4.79 Å². The molecule has 1 unspecified atom stereocenters. The summed E-state index contributed by atoms with van der Waals surface area (Å²) in [5.74, 6) is 0.424. The van der Waals surface area contributed by atoms with Gasteiger partial charge >= 0.3 is 6.09 Å². The van der Waals surface area contributed by atoms with Gasteiger partial charge in [-0.05, 0) is 31.5 Å². The van der Waals surface area contributed by atoms with E-state index in [0.717, 1.165) is 36.3 Å². The number of anilines is 1. The second-order valence-corrected chi connectivity index (χ2v) is 6.00. The molecule has 2 aromatic carbocycles. The molecule has 1 aliphatic rings. The fraction of sp³-hybridized carbons (Fsp3) is 0.316. The van der Waals surface area contributed by atoms with Crippen molar-refractivity contribution in [3.8, 4) is 11.1 Å². The van der Waals surface area contributed by atoms with Crippen LogP contribution in [0.4, 0.5) is 10.5 Å². The van der Waals surface area contributed by atoms with Crippen LogP contribution in [0.5, 0.6) is 0 Å². The lowest BCUT2D eigenvalue weighted by molar-refractivity contribution is 0.144. The Morgan fingerprint density at radius 2 is 2.13 bits per heavy atom. The summed E-state index contributed by atoms with van der Waals surface area (Å²) in [5, 5.41) is 6.14. The molecule has 2 N–H and O–H groups in total. The van der Waals surface area contributed by atoms with Crippen molar-refractivity contribution < 1.29 is 9.53 Å². The SMILES string of the molecule is Cc1cccc(-c2ccccc2NC(=O)OCC2CCNC2)c1. The highest BCUT2D eigenvalue weighted by molar-refractivity contribution is 5.91. The quantitative estimate of drug-likeness (QED) is 0.902. The summed E-state index contributed by atoms with van der Waals surface area (Å²) < 4.78 is 5.35. The summed E-state index contributed by atoms with van der Waals surface area (Å²) in [7, 11) is 0. The Hall–Kier alpha value is -2.33. The summed E-state index contributed by atoms with van der Waals surface area (Å²) in [6.45, 7) is 4.45. The number of benzene rings is 2. The van der Waals surface area contributed by atoms with Crippen LogP contribution in [0, 0.1) is 12.8 Å². The molecule has 0 bridgehead atoms. The van der Waals surface area contributed by atoms with Gasteiger partial charge in [0.25, 0.3) is 0 Å². The molecule has 4 nitrogen and oxygen atoms in total. The second kappa shape index (κ2) is 7.29. The van der Waals surface area contributed by atoms with Gasteiger partial charge in [0.15, 0.2) is 0 Å². The minimum Gasteiger partial charge on any atom is -0.449 e. The summed E-state index contributed by atoms with van der Waals surface area (Å²) in [6, 6.07) is 16.0. The van der Waals surface area contributed by atoms with Crippen LogP contribution in [-0.4, -0.2) is 25.8 Å². The number of carbonyl (C=O) groups excluding carboxylic acids is 1. The van der Waals surface area contributed by atoms with Gasteiger partial charge in [0.1, 0.15) is 0 Å². The zero-order valence-electron chi connectivity index (χ0n) is 13.3. The van der Waals surface area contributed by atoms with E-state index in [0.29, 0.717) is 12.5 Å². The maximum atomic E-state index is 12.1. The minimum atomic E-state index is -0.392. The van der Waals surface area contributed by atoms with Gasteiger partial charge in [0, 0.05) is 18.0 Å². The number of aryl methyl sites for hydroxylation is 1. The monoisotopic (exact) mass is 310 g/mol. The van der Waals surface area contributed by atoms with E-state index in [1.54, 1.807) is 0 Å². The molecule has 3 rings (SSSR count). The molecule has 1 atom stereocenters. The van der Waals surface area contributed by atoms with Crippen LogP contribution in [0.15, 0.2) is 48.5 Å². The second-order valence-electron chi connectivity index (χ2n) is 6.00. The van der Waals surface area contributed by atoms with Crippen molar-refractivity contribution in [1.29, 1.82) is 0 Å². The lowest BCUT2D eigenvalue weighted by atomic mass is 10.0. The Morgan fingerprint density at radius 1 is 1.26 bits per heavy atom. The van der Waals surface area contributed by atoms with Crippen LogP contribution in [-0.2, 0) is 4.74 Å². The largest absolute Gasteiger partial charge is 0.449 e. The standard InChI is InChI=1S/C19H22N2O2/c1-14-5-4-6-16(11-14)17-7-2-3-8-18(17)21-19(22)23-13-15-9-10-20-12-15/h2-8,11,15,20H,9-10,12-13H2,1H3,(H,21,22). The van der Waals surface area contributed by atoms with Crippen molar-refractivity contribution in [2.45, 2.75) is 13.3 Å². The van der Waals surface area contributed by atoms with E-state index in [9.17, 15) is 4.79 Å². The summed E-state index contributed by atoms with van der Waals surface area (Å²) in [5.41, 5.74) is 4.04. The van der Waals surface area contributed by atoms with Gasteiger partial charge < -0.3 is 10.1 Å². The highest BCUT2D eigenvalue weighted by Gasteiger charge is 2.17. The van der Waals surface area contributed by atoms with Crippen LogP contribution in [0.2, 0.25) is 0 Å². The Bertz CT molecular complexity index is 679. The Balaban J connectivity index is 1.69. The van der Waals surface area contributed by atoms with Crippen molar-refractivity contribution in [2.75, 3.05) is 25.0 Å². The summed E-state index contributed by atoms with van der Waals surface area (Å²) >= 11 is 0. The van der Waals surface area contributed by atoms with Crippen molar-refractivity contribution >= 4 is 11.8 Å². The Labute approximate surface area is 136 Å². The fourth-order valence-electron chi connectivity index (χ4n) is 2.85. The number of nitrogens with one attached hydrogen (secondary N) is 2. The van der Waals surface area contributed by atoms with E-state index in [1.807, 2.05) is 36.4 Å². The molecule has 0 aliphatic carbocycles. The lowest BCUT2D eigenvalue weighted by Crippen LogP contribution is -2.20. The number of carbonyl (C=O) groups is 1. The molecule has 1 saturated heterocycles. The molecular weight excluding hydrogens is 288 g/mol. The van der Waals surface area contributed by atoms with E-state index in [1.165, 1.54) is 5.56 Å². The van der Waals surface area contributed by atoms with E-state index >= 15 is 0 Å². The first kappa shape index (κ1) is 15.6. The Morgan fingerprint density at radius 3 is 2.91 bits per heavy atom. The summed E-state index contributed by atoms with van der Waals surface area (Å²) in [4.78, 5) is 12.1. The highest BCUT2D eigenvalue weighted by atomic mass is 16.5.